The molecule has 4 rings (SSSR count). The van der Waals surface area contributed by atoms with Crippen LogP contribution in [0.5, 0.6) is 0 Å². The number of benzene rings is 2. The Morgan fingerprint density at radius 1 is 1.18 bits per heavy atom. The Labute approximate surface area is 128 Å². The largest absolute Gasteiger partial charge is 0.305 e. The molecular formula is C19H16N2O. The first-order valence-electron chi connectivity index (χ1n) is 7.57. The van der Waals surface area contributed by atoms with Crippen LogP contribution in [0.25, 0.3) is 28.4 Å². The van der Waals surface area contributed by atoms with Crippen LogP contribution >= 0.6 is 0 Å². The molecule has 1 aliphatic carbocycles. The van der Waals surface area contributed by atoms with Gasteiger partial charge in [-0.2, -0.15) is 0 Å². The maximum atomic E-state index is 12.8. The van der Waals surface area contributed by atoms with Crippen LogP contribution in [0.1, 0.15) is 18.1 Å². The van der Waals surface area contributed by atoms with Crippen LogP contribution in [0, 0.1) is 0 Å². The normalized spacial score (nSPS) is 12.8. The summed E-state index contributed by atoms with van der Waals surface area (Å²) in [5.74, 6) is 0. The van der Waals surface area contributed by atoms with Crippen LogP contribution < -0.4 is 5.56 Å². The zero-order chi connectivity index (χ0) is 15.1. The van der Waals surface area contributed by atoms with Gasteiger partial charge >= 0.3 is 0 Å². The fourth-order valence-electron chi connectivity index (χ4n) is 3.10. The van der Waals surface area contributed by atoms with Gasteiger partial charge in [-0.3, -0.25) is 4.79 Å². The minimum atomic E-state index is -0.0212. The second-order valence-electron chi connectivity index (χ2n) is 5.52. The number of para-hydroxylation sites is 2. The zero-order valence-electron chi connectivity index (χ0n) is 12.4. The highest BCUT2D eigenvalue weighted by molar-refractivity contribution is 5.78. The minimum Gasteiger partial charge on any atom is -0.305 e. The molecule has 22 heavy (non-hydrogen) atoms. The van der Waals surface area contributed by atoms with Crippen LogP contribution in [0.2, 0.25) is 0 Å². The van der Waals surface area contributed by atoms with Gasteiger partial charge in [0.15, 0.2) is 0 Å². The number of aromatic nitrogens is 2. The van der Waals surface area contributed by atoms with E-state index in [0.717, 1.165) is 23.0 Å². The number of fused-ring (bicyclic) bond motifs is 2. The summed E-state index contributed by atoms with van der Waals surface area (Å²) in [5.41, 5.74) is 5.66. The van der Waals surface area contributed by atoms with Crippen LogP contribution in [0.3, 0.4) is 0 Å². The molecule has 108 valence electrons. The predicted molar refractivity (Wildman–Crippen MR) is 89.9 cm³/mol. The number of nitrogens with zero attached hydrogens (tertiary/aromatic N) is 2. The standard InChI is InChI=1S/C19H16N2O/c1-2-21-17-9-4-3-8-16(17)20-18(19(21)22)15-11-10-13-6-5-7-14(13)12-15/h3-6,8-12H,2,7H2,1H3. The lowest BCUT2D eigenvalue weighted by atomic mass is 10.0. The molecule has 2 aromatic carbocycles. The van der Waals surface area contributed by atoms with Gasteiger partial charge in [0.1, 0.15) is 5.69 Å². The van der Waals surface area contributed by atoms with Gasteiger partial charge in [-0.25, -0.2) is 4.98 Å². The summed E-state index contributed by atoms with van der Waals surface area (Å²) >= 11 is 0. The van der Waals surface area contributed by atoms with Crippen LogP contribution in [0.15, 0.2) is 53.3 Å². The maximum Gasteiger partial charge on any atom is 0.277 e. The van der Waals surface area contributed by atoms with Crippen molar-refractivity contribution in [2.45, 2.75) is 19.9 Å². The summed E-state index contributed by atoms with van der Waals surface area (Å²) in [6.45, 7) is 2.63. The Balaban J connectivity index is 1.99. The molecule has 1 heterocycles. The monoisotopic (exact) mass is 288 g/mol. The first-order chi connectivity index (χ1) is 10.8. The van der Waals surface area contributed by atoms with E-state index < -0.39 is 0 Å². The highest BCUT2D eigenvalue weighted by Gasteiger charge is 2.14. The summed E-state index contributed by atoms with van der Waals surface area (Å²) in [7, 11) is 0. The quantitative estimate of drug-likeness (QED) is 0.721. The first-order valence-corrected chi connectivity index (χ1v) is 7.57. The summed E-state index contributed by atoms with van der Waals surface area (Å²) < 4.78 is 1.79. The van der Waals surface area contributed by atoms with Gasteiger partial charge in [0.2, 0.25) is 0 Å². The molecule has 0 bridgehead atoms. The Kier molecular flexibility index (Phi) is 2.93. The third-order valence-corrected chi connectivity index (χ3v) is 4.22. The lowest BCUT2D eigenvalue weighted by Gasteiger charge is -2.11. The molecule has 0 atom stereocenters. The molecule has 0 amide bonds. The summed E-state index contributed by atoms with van der Waals surface area (Å²) in [6.07, 6.45) is 5.20. The lowest BCUT2D eigenvalue weighted by Crippen LogP contribution is -2.23. The van der Waals surface area contributed by atoms with Crippen molar-refractivity contribution in [3.63, 3.8) is 0 Å². The highest BCUT2D eigenvalue weighted by atomic mass is 16.1. The van der Waals surface area contributed by atoms with Gasteiger partial charge in [0.05, 0.1) is 11.0 Å². The Morgan fingerprint density at radius 3 is 2.91 bits per heavy atom. The van der Waals surface area contributed by atoms with Crippen molar-refractivity contribution in [1.82, 2.24) is 9.55 Å². The molecule has 0 unspecified atom stereocenters. The average molecular weight is 288 g/mol. The van der Waals surface area contributed by atoms with Crippen LogP contribution in [-0.2, 0) is 13.0 Å². The van der Waals surface area contributed by atoms with E-state index in [-0.39, 0.29) is 5.56 Å². The molecule has 1 aliphatic rings. The molecule has 3 aromatic rings. The molecule has 0 saturated carbocycles. The Bertz CT molecular complexity index is 967. The summed E-state index contributed by atoms with van der Waals surface area (Å²) in [6, 6.07) is 14.0. The molecule has 0 fully saturated rings. The van der Waals surface area contributed by atoms with Gasteiger partial charge in [-0.1, -0.05) is 36.4 Å². The molecule has 0 saturated heterocycles. The molecular weight excluding hydrogens is 272 g/mol. The zero-order valence-corrected chi connectivity index (χ0v) is 12.4. The number of allylic oxidation sites excluding steroid dienone is 1. The van der Waals surface area contributed by atoms with Crippen molar-refractivity contribution in [1.29, 1.82) is 0 Å². The van der Waals surface area contributed by atoms with Gasteiger partial charge in [0, 0.05) is 12.1 Å². The topological polar surface area (TPSA) is 34.9 Å². The van der Waals surface area contributed by atoms with Gasteiger partial charge < -0.3 is 4.57 Å². The summed E-state index contributed by atoms with van der Waals surface area (Å²) in [4.78, 5) is 17.4. The van der Waals surface area contributed by atoms with Gasteiger partial charge in [-0.05, 0) is 42.7 Å². The van der Waals surface area contributed by atoms with E-state index in [0.29, 0.717) is 12.2 Å². The van der Waals surface area contributed by atoms with Crippen LogP contribution in [0.4, 0.5) is 0 Å². The van der Waals surface area contributed by atoms with Crippen molar-refractivity contribution in [3.8, 4) is 11.3 Å². The fraction of sp³-hybridized carbons (Fsp3) is 0.158. The van der Waals surface area contributed by atoms with Crippen molar-refractivity contribution in [2.24, 2.45) is 0 Å². The minimum absolute atomic E-state index is 0.0212. The van der Waals surface area contributed by atoms with Crippen molar-refractivity contribution < 1.29 is 0 Å². The Hall–Kier alpha value is -2.68. The van der Waals surface area contributed by atoms with E-state index in [4.69, 9.17) is 0 Å². The van der Waals surface area contributed by atoms with E-state index in [2.05, 4.69) is 29.3 Å². The van der Waals surface area contributed by atoms with E-state index in [1.54, 1.807) is 4.57 Å². The Morgan fingerprint density at radius 2 is 2.05 bits per heavy atom. The molecule has 3 nitrogen and oxygen atoms in total. The molecule has 3 heteroatoms. The molecule has 0 aliphatic heterocycles. The molecule has 0 radical (unpaired) electrons. The number of rotatable bonds is 2. The number of hydrogen-bond donors (Lipinski definition) is 0. The van der Waals surface area contributed by atoms with Gasteiger partial charge in [-0.15, -0.1) is 0 Å². The smallest absolute Gasteiger partial charge is 0.277 e. The predicted octanol–water partition coefficient (Wildman–Crippen LogP) is 3.65. The molecule has 1 aromatic heterocycles. The molecule has 0 N–H and O–H groups in total. The lowest BCUT2D eigenvalue weighted by molar-refractivity contribution is 0.755. The average Bonchev–Trinajstić information content (AvgIpc) is 3.02. The second-order valence-corrected chi connectivity index (χ2v) is 5.52. The van der Waals surface area contributed by atoms with Crippen molar-refractivity contribution in [2.75, 3.05) is 0 Å². The molecule has 0 spiro atoms. The summed E-state index contributed by atoms with van der Waals surface area (Å²) in [5, 5.41) is 0. The van der Waals surface area contributed by atoms with E-state index >= 15 is 0 Å². The van der Waals surface area contributed by atoms with E-state index in [1.807, 2.05) is 37.3 Å². The van der Waals surface area contributed by atoms with Crippen LogP contribution in [-0.4, -0.2) is 9.55 Å². The van der Waals surface area contributed by atoms with E-state index in [1.165, 1.54) is 11.1 Å². The number of aryl methyl sites for hydroxylation is 1. The van der Waals surface area contributed by atoms with E-state index in [9.17, 15) is 4.79 Å². The third kappa shape index (κ3) is 1.90. The van der Waals surface area contributed by atoms with Gasteiger partial charge in [0.25, 0.3) is 5.56 Å². The first kappa shape index (κ1) is 13.0. The highest BCUT2D eigenvalue weighted by Crippen LogP contribution is 2.25. The van der Waals surface area contributed by atoms with Crippen molar-refractivity contribution >= 4 is 17.1 Å². The van der Waals surface area contributed by atoms with Crippen molar-refractivity contribution in [3.05, 3.63) is 70.0 Å². The fourth-order valence-corrected chi connectivity index (χ4v) is 3.10. The second kappa shape index (κ2) is 4.95. The maximum absolute atomic E-state index is 12.8. The SMILES string of the molecule is CCn1c(=O)c(-c2ccc3c(c2)CC=C3)nc2ccccc21. The third-order valence-electron chi connectivity index (χ3n) is 4.22. The number of hydrogen-bond acceptors (Lipinski definition) is 2.